The summed E-state index contributed by atoms with van der Waals surface area (Å²) in [5.74, 6) is 0. The second-order valence-electron chi connectivity index (χ2n) is 3.88. The third-order valence-electron chi connectivity index (χ3n) is 2.42. The molecule has 0 aliphatic rings. The van der Waals surface area contributed by atoms with E-state index in [0.29, 0.717) is 6.54 Å². The molecule has 3 N–H and O–H groups in total. The highest BCUT2D eigenvalue weighted by Crippen LogP contribution is 2.13. The van der Waals surface area contributed by atoms with E-state index in [1.54, 1.807) is 6.92 Å². The van der Waals surface area contributed by atoms with Crippen LogP contribution in [-0.2, 0) is 6.54 Å². The zero-order valence-corrected chi connectivity index (χ0v) is 9.48. The lowest BCUT2D eigenvalue weighted by molar-refractivity contribution is 0.126. The number of likely N-dealkylation sites (N-methyl/N-ethyl adjacent to an activating group) is 1. The number of nitrogens with zero attached hydrogens (tertiary/aromatic N) is 1. The normalized spacial score (nSPS) is 13.1. The van der Waals surface area contributed by atoms with E-state index in [9.17, 15) is 5.11 Å². The van der Waals surface area contributed by atoms with Crippen molar-refractivity contribution in [3.05, 3.63) is 29.8 Å². The van der Waals surface area contributed by atoms with Crippen LogP contribution in [0.3, 0.4) is 0 Å². The molecule has 0 aromatic heterocycles. The maximum atomic E-state index is 9.33. The fourth-order valence-corrected chi connectivity index (χ4v) is 1.60. The largest absolute Gasteiger partial charge is 0.398 e. The molecule has 0 fully saturated rings. The predicted octanol–water partition coefficient (Wildman–Crippen LogP) is 1.47. The molecule has 1 rings (SSSR count). The van der Waals surface area contributed by atoms with Crippen LogP contribution in [0.25, 0.3) is 0 Å². The summed E-state index contributed by atoms with van der Waals surface area (Å²) in [6.07, 6.45) is -0.296. The Morgan fingerprint density at radius 1 is 1.40 bits per heavy atom. The molecule has 1 atom stereocenters. The second kappa shape index (κ2) is 5.73. The van der Waals surface area contributed by atoms with Crippen molar-refractivity contribution in [2.75, 3.05) is 18.8 Å². The summed E-state index contributed by atoms with van der Waals surface area (Å²) in [6, 6.07) is 7.86. The van der Waals surface area contributed by atoms with E-state index in [0.717, 1.165) is 24.3 Å². The number of aliphatic hydroxyl groups excluding tert-OH is 1. The summed E-state index contributed by atoms with van der Waals surface area (Å²) in [4.78, 5) is 2.18. The van der Waals surface area contributed by atoms with E-state index >= 15 is 0 Å². The first kappa shape index (κ1) is 12.0. The fraction of sp³-hybridized carbons (Fsp3) is 0.500. The number of aliphatic hydroxyl groups is 1. The van der Waals surface area contributed by atoms with E-state index in [-0.39, 0.29) is 6.10 Å². The summed E-state index contributed by atoms with van der Waals surface area (Å²) in [7, 11) is 0. The van der Waals surface area contributed by atoms with Gasteiger partial charge >= 0.3 is 0 Å². The molecule has 0 bridgehead atoms. The molecule has 0 saturated carbocycles. The minimum Gasteiger partial charge on any atom is -0.398 e. The van der Waals surface area contributed by atoms with Crippen molar-refractivity contribution in [2.45, 2.75) is 26.5 Å². The van der Waals surface area contributed by atoms with Crippen molar-refractivity contribution in [3.63, 3.8) is 0 Å². The molecule has 84 valence electrons. The molecule has 1 aromatic carbocycles. The van der Waals surface area contributed by atoms with Gasteiger partial charge in [0.25, 0.3) is 0 Å². The highest BCUT2D eigenvalue weighted by molar-refractivity contribution is 5.46. The number of benzene rings is 1. The van der Waals surface area contributed by atoms with Gasteiger partial charge in [0.05, 0.1) is 6.10 Å². The molecular weight excluding hydrogens is 188 g/mol. The zero-order chi connectivity index (χ0) is 11.3. The van der Waals surface area contributed by atoms with Crippen LogP contribution >= 0.6 is 0 Å². The van der Waals surface area contributed by atoms with Gasteiger partial charge in [-0.25, -0.2) is 0 Å². The highest BCUT2D eigenvalue weighted by atomic mass is 16.3. The molecule has 3 heteroatoms. The second-order valence-corrected chi connectivity index (χ2v) is 3.88. The number of nitrogens with two attached hydrogens (primary N) is 1. The van der Waals surface area contributed by atoms with Gasteiger partial charge < -0.3 is 10.8 Å². The Labute approximate surface area is 91.5 Å². The monoisotopic (exact) mass is 208 g/mol. The molecule has 0 amide bonds. The van der Waals surface area contributed by atoms with Gasteiger partial charge in [-0.05, 0) is 25.1 Å². The minimum absolute atomic E-state index is 0.296. The number of rotatable bonds is 5. The fourth-order valence-electron chi connectivity index (χ4n) is 1.60. The molecule has 1 aromatic rings. The van der Waals surface area contributed by atoms with Crippen molar-refractivity contribution in [1.82, 2.24) is 4.90 Å². The summed E-state index contributed by atoms with van der Waals surface area (Å²) >= 11 is 0. The van der Waals surface area contributed by atoms with Gasteiger partial charge in [-0.2, -0.15) is 0 Å². The maximum Gasteiger partial charge on any atom is 0.0639 e. The molecule has 0 heterocycles. The first-order chi connectivity index (χ1) is 7.13. The zero-order valence-electron chi connectivity index (χ0n) is 9.48. The molecule has 3 nitrogen and oxygen atoms in total. The molecule has 0 aliphatic heterocycles. The maximum absolute atomic E-state index is 9.33. The molecule has 0 spiro atoms. The molecule has 0 radical (unpaired) electrons. The lowest BCUT2D eigenvalue weighted by atomic mass is 10.1. The highest BCUT2D eigenvalue weighted by Gasteiger charge is 2.08. The van der Waals surface area contributed by atoms with Crippen LogP contribution in [0.1, 0.15) is 19.4 Å². The lowest BCUT2D eigenvalue weighted by Crippen LogP contribution is -2.30. The van der Waals surface area contributed by atoms with E-state index < -0.39 is 0 Å². The van der Waals surface area contributed by atoms with Gasteiger partial charge in [0.15, 0.2) is 0 Å². The molecule has 15 heavy (non-hydrogen) atoms. The van der Waals surface area contributed by atoms with Crippen LogP contribution in [0.15, 0.2) is 24.3 Å². The standard InChI is InChI=1S/C12H20N2O/c1-3-14(8-10(2)15)9-11-6-4-5-7-12(11)13/h4-7,10,15H,3,8-9,13H2,1-2H3. The van der Waals surface area contributed by atoms with Gasteiger partial charge in [0.1, 0.15) is 0 Å². The van der Waals surface area contributed by atoms with E-state index in [2.05, 4.69) is 11.8 Å². The third-order valence-corrected chi connectivity index (χ3v) is 2.42. The van der Waals surface area contributed by atoms with Gasteiger partial charge in [0, 0.05) is 18.8 Å². The third kappa shape index (κ3) is 3.90. The number of hydrogen-bond donors (Lipinski definition) is 2. The Morgan fingerprint density at radius 2 is 2.07 bits per heavy atom. The molecule has 0 aliphatic carbocycles. The van der Waals surface area contributed by atoms with Gasteiger partial charge in [-0.15, -0.1) is 0 Å². The van der Waals surface area contributed by atoms with Crippen molar-refractivity contribution < 1.29 is 5.11 Å². The average molecular weight is 208 g/mol. The number of anilines is 1. The summed E-state index contributed by atoms with van der Waals surface area (Å²) < 4.78 is 0. The SMILES string of the molecule is CCN(Cc1ccccc1N)CC(C)O. The average Bonchev–Trinajstić information content (AvgIpc) is 2.19. The van der Waals surface area contributed by atoms with Crippen molar-refractivity contribution in [1.29, 1.82) is 0 Å². The Bertz CT molecular complexity index is 299. The number of nitrogen functional groups attached to an aromatic ring is 1. The Kier molecular flexibility index (Phi) is 4.59. The van der Waals surface area contributed by atoms with Crippen molar-refractivity contribution in [2.24, 2.45) is 0 Å². The Morgan fingerprint density at radius 3 is 2.60 bits per heavy atom. The van der Waals surface area contributed by atoms with Crippen LogP contribution in [0.5, 0.6) is 0 Å². The van der Waals surface area contributed by atoms with E-state index in [1.165, 1.54) is 0 Å². The van der Waals surface area contributed by atoms with Crippen molar-refractivity contribution in [3.8, 4) is 0 Å². The van der Waals surface area contributed by atoms with Crippen LogP contribution in [0.4, 0.5) is 5.69 Å². The number of hydrogen-bond acceptors (Lipinski definition) is 3. The Hall–Kier alpha value is -1.06. The summed E-state index contributed by atoms with van der Waals surface area (Å²) in [5.41, 5.74) is 7.81. The van der Waals surface area contributed by atoms with Gasteiger partial charge in [-0.1, -0.05) is 25.1 Å². The molecular formula is C12H20N2O. The van der Waals surface area contributed by atoms with Crippen LogP contribution in [0, 0.1) is 0 Å². The first-order valence-electron chi connectivity index (χ1n) is 5.37. The van der Waals surface area contributed by atoms with Gasteiger partial charge in [0.2, 0.25) is 0 Å². The minimum atomic E-state index is -0.296. The van der Waals surface area contributed by atoms with Crippen LogP contribution in [-0.4, -0.2) is 29.2 Å². The lowest BCUT2D eigenvalue weighted by Gasteiger charge is -2.22. The van der Waals surface area contributed by atoms with Crippen molar-refractivity contribution >= 4 is 5.69 Å². The van der Waals surface area contributed by atoms with E-state index in [4.69, 9.17) is 5.73 Å². The van der Waals surface area contributed by atoms with Crippen LogP contribution in [0.2, 0.25) is 0 Å². The van der Waals surface area contributed by atoms with Gasteiger partial charge in [-0.3, -0.25) is 4.90 Å². The Balaban J connectivity index is 2.62. The summed E-state index contributed by atoms with van der Waals surface area (Å²) in [5, 5.41) is 9.33. The predicted molar refractivity (Wildman–Crippen MR) is 63.5 cm³/mol. The van der Waals surface area contributed by atoms with Crippen LogP contribution < -0.4 is 5.73 Å². The summed E-state index contributed by atoms with van der Waals surface area (Å²) in [6.45, 7) is 6.29. The first-order valence-corrected chi connectivity index (χ1v) is 5.37. The quantitative estimate of drug-likeness (QED) is 0.720. The smallest absolute Gasteiger partial charge is 0.0639 e. The number of para-hydroxylation sites is 1. The van der Waals surface area contributed by atoms with E-state index in [1.807, 2.05) is 24.3 Å². The topological polar surface area (TPSA) is 49.5 Å². The molecule has 1 unspecified atom stereocenters. The molecule has 0 saturated heterocycles.